The standard InChI is InChI=1S/C15H16N4O3S/c1-22-15(21)11-2-3-13(18-17-11)16-8-14(20)19-6-4-12-10(9-19)5-7-23-12/h2-3,5,7H,4,6,8-9H2,1H3,(H,16,18). The smallest absolute Gasteiger partial charge is 0.358 e. The highest BCUT2D eigenvalue weighted by Crippen LogP contribution is 2.23. The number of nitrogens with zero attached hydrogens (tertiary/aromatic N) is 3. The number of amides is 1. The number of hydrogen-bond acceptors (Lipinski definition) is 7. The lowest BCUT2D eigenvalue weighted by Gasteiger charge is -2.27. The van der Waals surface area contributed by atoms with E-state index in [-0.39, 0.29) is 18.1 Å². The number of methoxy groups -OCH3 is 1. The molecule has 23 heavy (non-hydrogen) atoms. The summed E-state index contributed by atoms with van der Waals surface area (Å²) in [6.45, 7) is 1.54. The number of nitrogens with one attached hydrogen (secondary N) is 1. The zero-order valence-corrected chi connectivity index (χ0v) is 13.4. The number of carbonyl (C=O) groups is 2. The average molecular weight is 332 g/mol. The van der Waals surface area contributed by atoms with Crippen LogP contribution in [0.15, 0.2) is 23.6 Å². The highest BCUT2D eigenvalue weighted by molar-refractivity contribution is 7.10. The number of aromatic nitrogens is 2. The normalized spacial score (nSPS) is 13.3. The van der Waals surface area contributed by atoms with Crippen molar-refractivity contribution in [1.29, 1.82) is 0 Å². The number of hydrogen-bond donors (Lipinski definition) is 1. The molecule has 0 atom stereocenters. The van der Waals surface area contributed by atoms with Gasteiger partial charge in [0.1, 0.15) is 5.82 Å². The molecule has 0 bridgehead atoms. The number of anilines is 1. The van der Waals surface area contributed by atoms with Crippen molar-refractivity contribution in [2.75, 3.05) is 25.5 Å². The van der Waals surface area contributed by atoms with E-state index in [1.807, 2.05) is 4.90 Å². The van der Waals surface area contributed by atoms with Gasteiger partial charge in [0.15, 0.2) is 5.69 Å². The third-order valence-electron chi connectivity index (χ3n) is 3.64. The van der Waals surface area contributed by atoms with Gasteiger partial charge < -0.3 is 15.0 Å². The minimum absolute atomic E-state index is 0.0145. The van der Waals surface area contributed by atoms with Gasteiger partial charge in [-0.1, -0.05) is 0 Å². The number of thiophene rings is 1. The van der Waals surface area contributed by atoms with Crippen LogP contribution in [0.2, 0.25) is 0 Å². The summed E-state index contributed by atoms with van der Waals surface area (Å²) in [5.74, 6) is -0.0834. The number of fused-ring (bicyclic) bond motifs is 1. The molecule has 0 saturated heterocycles. The molecule has 1 amide bonds. The Hall–Kier alpha value is -2.48. The summed E-state index contributed by atoms with van der Waals surface area (Å²) in [7, 11) is 1.28. The second-order valence-corrected chi connectivity index (χ2v) is 6.08. The summed E-state index contributed by atoms with van der Waals surface area (Å²) < 4.78 is 4.55. The largest absolute Gasteiger partial charge is 0.464 e. The summed E-state index contributed by atoms with van der Waals surface area (Å²) in [6.07, 6.45) is 0.909. The van der Waals surface area contributed by atoms with Crippen LogP contribution in [0.4, 0.5) is 5.82 Å². The first kappa shape index (κ1) is 15.4. The second kappa shape index (κ2) is 6.74. The maximum absolute atomic E-state index is 12.3. The fraction of sp³-hybridized carbons (Fsp3) is 0.333. The zero-order chi connectivity index (χ0) is 16.2. The molecule has 0 fully saturated rings. The van der Waals surface area contributed by atoms with Gasteiger partial charge in [-0.05, 0) is 35.6 Å². The minimum Gasteiger partial charge on any atom is -0.464 e. The van der Waals surface area contributed by atoms with Gasteiger partial charge in [-0.15, -0.1) is 21.5 Å². The summed E-state index contributed by atoms with van der Waals surface area (Å²) in [5, 5.41) is 12.6. The molecule has 120 valence electrons. The Morgan fingerprint density at radius 3 is 2.96 bits per heavy atom. The first-order valence-corrected chi connectivity index (χ1v) is 8.04. The Balaban J connectivity index is 1.54. The molecule has 0 unspecified atom stereocenters. The van der Waals surface area contributed by atoms with E-state index in [1.165, 1.54) is 23.6 Å². The molecular weight excluding hydrogens is 316 g/mol. The van der Waals surface area contributed by atoms with Crippen molar-refractivity contribution < 1.29 is 14.3 Å². The Morgan fingerprint density at radius 2 is 2.22 bits per heavy atom. The van der Waals surface area contributed by atoms with Gasteiger partial charge in [0, 0.05) is 18.0 Å². The quantitative estimate of drug-likeness (QED) is 0.850. The summed E-state index contributed by atoms with van der Waals surface area (Å²) in [4.78, 5) is 26.7. The van der Waals surface area contributed by atoms with Gasteiger partial charge in [0.05, 0.1) is 13.7 Å². The van der Waals surface area contributed by atoms with E-state index >= 15 is 0 Å². The maximum atomic E-state index is 12.3. The van der Waals surface area contributed by atoms with Crippen molar-refractivity contribution in [1.82, 2.24) is 15.1 Å². The molecule has 7 nitrogen and oxygen atoms in total. The van der Waals surface area contributed by atoms with E-state index in [9.17, 15) is 9.59 Å². The Kier molecular flexibility index (Phi) is 4.52. The molecule has 2 aromatic heterocycles. The predicted octanol–water partition coefficient (Wildman–Crippen LogP) is 1.32. The van der Waals surface area contributed by atoms with E-state index in [0.717, 1.165) is 13.0 Å². The molecular formula is C15H16N4O3S. The van der Waals surface area contributed by atoms with Crippen molar-refractivity contribution in [3.63, 3.8) is 0 Å². The van der Waals surface area contributed by atoms with Gasteiger partial charge >= 0.3 is 5.97 Å². The fourth-order valence-electron chi connectivity index (χ4n) is 2.38. The van der Waals surface area contributed by atoms with Gasteiger partial charge in [-0.25, -0.2) is 4.79 Å². The molecule has 1 N–H and O–H groups in total. The molecule has 3 heterocycles. The van der Waals surface area contributed by atoms with E-state index in [2.05, 4.69) is 31.7 Å². The molecule has 0 aromatic carbocycles. The van der Waals surface area contributed by atoms with Crippen LogP contribution >= 0.6 is 11.3 Å². The third kappa shape index (κ3) is 3.48. The van der Waals surface area contributed by atoms with E-state index in [4.69, 9.17) is 0 Å². The van der Waals surface area contributed by atoms with Gasteiger partial charge in [-0.3, -0.25) is 4.79 Å². The lowest BCUT2D eigenvalue weighted by molar-refractivity contribution is -0.130. The lowest BCUT2D eigenvalue weighted by atomic mass is 10.1. The zero-order valence-electron chi connectivity index (χ0n) is 12.6. The number of esters is 1. The molecule has 0 aliphatic carbocycles. The molecule has 8 heteroatoms. The molecule has 0 spiro atoms. The van der Waals surface area contributed by atoms with Gasteiger partial charge in [-0.2, -0.15) is 0 Å². The third-order valence-corrected chi connectivity index (χ3v) is 4.66. The number of rotatable bonds is 4. The van der Waals surface area contributed by atoms with Crippen LogP contribution in [-0.2, 0) is 22.5 Å². The van der Waals surface area contributed by atoms with Crippen LogP contribution in [0.5, 0.6) is 0 Å². The minimum atomic E-state index is -0.542. The highest BCUT2D eigenvalue weighted by Gasteiger charge is 2.21. The molecule has 3 rings (SSSR count). The topological polar surface area (TPSA) is 84.4 Å². The predicted molar refractivity (Wildman–Crippen MR) is 85.3 cm³/mol. The van der Waals surface area contributed by atoms with Crippen molar-refractivity contribution in [3.05, 3.63) is 39.7 Å². The molecule has 1 aliphatic rings. The van der Waals surface area contributed by atoms with E-state index < -0.39 is 5.97 Å². The molecule has 0 radical (unpaired) electrons. The molecule has 1 aliphatic heterocycles. The Bertz CT molecular complexity index is 714. The SMILES string of the molecule is COC(=O)c1ccc(NCC(=O)N2CCc3sccc3C2)nn1. The van der Waals surface area contributed by atoms with Gasteiger partial charge in [0.25, 0.3) is 0 Å². The highest BCUT2D eigenvalue weighted by atomic mass is 32.1. The summed E-state index contributed by atoms with van der Waals surface area (Å²) in [6, 6.07) is 5.17. The average Bonchev–Trinajstić information content (AvgIpc) is 3.07. The van der Waals surface area contributed by atoms with Crippen LogP contribution in [0.3, 0.4) is 0 Å². The van der Waals surface area contributed by atoms with E-state index in [1.54, 1.807) is 17.4 Å². The lowest BCUT2D eigenvalue weighted by Crippen LogP contribution is -2.38. The summed E-state index contributed by atoms with van der Waals surface area (Å²) >= 11 is 1.75. The first-order valence-electron chi connectivity index (χ1n) is 7.16. The van der Waals surface area contributed by atoms with Crippen LogP contribution in [0.25, 0.3) is 0 Å². The van der Waals surface area contributed by atoms with E-state index in [0.29, 0.717) is 12.4 Å². The van der Waals surface area contributed by atoms with Crippen LogP contribution in [0, 0.1) is 0 Å². The van der Waals surface area contributed by atoms with Crippen molar-refractivity contribution >= 4 is 29.0 Å². The van der Waals surface area contributed by atoms with Crippen LogP contribution < -0.4 is 5.32 Å². The number of ether oxygens (including phenoxy) is 1. The van der Waals surface area contributed by atoms with Crippen LogP contribution in [0.1, 0.15) is 20.9 Å². The first-order chi connectivity index (χ1) is 11.2. The molecule has 0 saturated carbocycles. The van der Waals surface area contributed by atoms with Crippen molar-refractivity contribution in [2.45, 2.75) is 13.0 Å². The molecule has 2 aromatic rings. The second-order valence-electron chi connectivity index (χ2n) is 5.08. The van der Waals surface area contributed by atoms with Crippen LogP contribution in [-0.4, -0.2) is 47.2 Å². The monoisotopic (exact) mass is 332 g/mol. The Labute approximate surface area is 137 Å². The summed E-state index contributed by atoms with van der Waals surface area (Å²) in [5.41, 5.74) is 1.36. The Morgan fingerprint density at radius 1 is 1.35 bits per heavy atom. The van der Waals surface area contributed by atoms with Crippen molar-refractivity contribution in [3.8, 4) is 0 Å². The number of carbonyl (C=O) groups excluding carboxylic acids is 2. The van der Waals surface area contributed by atoms with Crippen molar-refractivity contribution in [2.24, 2.45) is 0 Å². The fourth-order valence-corrected chi connectivity index (χ4v) is 3.27. The maximum Gasteiger partial charge on any atom is 0.358 e. The van der Waals surface area contributed by atoms with Gasteiger partial charge in [0.2, 0.25) is 5.91 Å².